The van der Waals surface area contributed by atoms with E-state index in [2.05, 4.69) is 16.0 Å². The Morgan fingerprint density at radius 2 is 1.61 bits per heavy atom. The maximum Gasteiger partial charge on any atom is 0.407 e. The van der Waals surface area contributed by atoms with E-state index < -0.39 is 11.7 Å². The van der Waals surface area contributed by atoms with E-state index in [1.54, 1.807) is 32.9 Å². The summed E-state index contributed by atoms with van der Waals surface area (Å²) in [5.41, 5.74) is 1.74. The van der Waals surface area contributed by atoms with Crippen LogP contribution in [0, 0.1) is 0 Å². The Morgan fingerprint density at radius 3 is 2.32 bits per heavy atom. The molecule has 0 heterocycles. The number of alkyl carbamates (subject to hydrolysis) is 1. The summed E-state index contributed by atoms with van der Waals surface area (Å²) in [6, 6.07) is 16.8. The first kappa shape index (κ1) is 23.7. The summed E-state index contributed by atoms with van der Waals surface area (Å²) in [6.45, 7) is 5.74. The van der Waals surface area contributed by atoms with E-state index in [0.717, 1.165) is 11.1 Å². The van der Waals surface area contributed by atoms with Gasteiger partial charge in [0.2, 0.25) is 11.8 Å². The minimum Gasteiger partial charge on any atom is -0.444 e. The van der Waals surface area contributed by atoms with Gasteiger partial charge < -0.3 is 20.7 Å². The molecule has 0 fully saturated rings. The van der Waals surface area contributed by atoms with Crippen LogP contribution in [0.2, 0.25) is 0 Å². The molecule has 3 amide bonds. The quantitative estimate of drug-likeness (QED) is 0.562. The van der Waals surface area contributed by atoms with Crippen LogP contribution in [0.3, 0.4) is 0 Å². The third-order valence-electron chi connectivity index (χ3n) is 4.00. The van der Waals surface area contributed by atoms with Crippen LogP contribution in [0.25, 0.3) is 6.08 Å². The zero-order valence-corrected chi connectivity index (χ0v) is 18.1. The van der Waals surface area contributed by atoms with Gasteiger partial charge in [-0.1, -0.05) is 48.5 Å². The molecule has 0 saturated carbocycles. The van der Waals surface area contributed by atoms with Gasteiger partial charge in [-0.3, -0.25) is 9.59 Å². The van der Waals surface area contributed by atoms with Gasteiger partial charge >= 0.3 is 6.09 Å². The van der Waals surface area contributed by atoms with Crippen molar-refractivity contribution in [3.05, 3.63) is 71.8 Å². The maximum atomic E-state index is 12.2. The van der Waals surface area contributed by atoms with E-state index in [9.17, 15) is 14.4 Å². The average molecular weight is 424 g/mol. The highest BCUT2D eigenvalue weighted by molar-refractivity contribution is 6.02. The van der Waals surface area contributed by atoms with E-state index in [0.29, 0.717) is 5.69 Å². The maximum absolute atomic E-state index is 12.2. The largest absolute Gasteiger partial charge is 0.444 e. The van der Waals surface area contributed by atoms with Gasteiger partial charge in [0.25, 0.3) is 0 Å². The second kappa shape index (κ2) is 11.5. The van der Waals surface area contributed by atoms with E-state index in [1.165, 1.54) is 6.08 Å². The van der Waals surface area contributed by atoms with Crippen molar-refractivity contribution in [1.82, 2.24) is 10.6 Å². The lowest BCUT2D eigenvalue weighted by Gasteiger charge is -2.19. The van der Waals surface area contributed by atoms with Crippen molar-refractivity contribution in [3.8, 4) is 0 Å². The number of benzene rings is 2. The molecule has 31 heavy (non-hydrogen) atoms. The van der Waals surface area contributed by atoms with Gasteiger partial charge in [-0.15, -0.1) is 0 Å². The van der Waals surface area contributed by atoms with Gasteiger partial charge in [-0.2, -0.15) is 0 Å². The number of carbonyl (C=O) groups is 3. The smallest absolute Gasteiger partial charge is 0.407 e. The molecule has 7 nitrogen and oxygen atoms in total. The fourth-order valence-electron chi connectivity index (χ4n) is 2.58. The van der Waals surface area contributed by atoms with Gasteiger partial charge in [0.15, 0.2) is 0 Å². The summed E-state index contributed by atoms with van der Waals surface area (Å²) in [5, 5.41) is 8.17. The molecular weight excluding hydrogens is 394 g/mol. The van der Waals surface area contributed by atoms with Crippen molar-refractivity contribution >= 4 is 29.7 Å². The minimum absolute atomic E-state index is 0.119. The van der Waals surface area contributed by atoms with E-state index in [4.69, 9.17) is 4.74 Å². The van der Waals surface area contributed by atoms with Gasteiger partial charge in [0.1, 0.15) is 5.60 Å². The number of nitrogens with one attached hydrogen (secondary N) is 3. The average Bonchev–Trinajstić information content (AvgIpc) is 2.71. The number of carbonyl (C=O) groups excluding carboxylic acids is 3. The number of amides is 3. The zero-order chi connectivity index (χ0) is 22.7. The first-order valence-corrected chi connectivity index (χ1v) is 10.1. The lowest BCUT2D eigenvalue weighted by Crippen LogP contribution is -2.35. The highest BCUT2D eigenvalue weighted by atomic mass is 16.6. The van der Waals surface area contributed by atoms with E-state index in [-0.39, 0.29) is 31.3 Å². The molecule has 0 radical (unpaired) electrons. The Hall–Kier alpha value is -3.61. The molecular formula is C24H29N3O4. The van der Waals surface area contributed by atoms with Crippen LogP contribution in [-0.2, 0) is 20.9 Å². The summed E-state index contributed by atoms with van der Waals surface area (Å²) in [6.07, 6.45) is 2.76. The minimum atomic E-state index is -0.587. The molecule has 0 unspecified atom stereocenters. The van der Waals surface area contributed by atoms with Crippen LogP contribution in [0.5, 0.6) is 0 Å². The first-order chi connectivity index (χ1) is 14.7. The lowest BCUT2D eigenvalue weighted by atomic mass is 10.1. The second-order valence-electron chi connectivity index (χ2n) is 7.85. The molecule has 0 bridgehead atoms. The zero-order valence-electron chi connectivity index (χ0n) is 18.1. The van der Waals surface area contributed by atoms with Crippen molar-refractivity contribution in [2.45, 2.75) is 39.3 Å². The third kappa shape index (κ3) is 9.62. The number of hydrogen-bond donors (Lipinski definition) is 3. The van der Waals surface area contributed by atoms with Crippen molar-refractivity contribution < 1.29 is 19.1 Å². The van der Waals surface area contributed by atoms with E-state index >= 15 is 0 Å². The molecule has 2 aromatic carbocycles. The SMILES string of the molecule is CC(C)(C)OC(=O)NCCC(=O)NCc1ccccc1NC(=O)/C=C/c1ccccc1. The van der Waals surface area contributed by atoms with Crippen molar-refractivity contribution in [2.75, 3.05) is 11.9 Å². The van der Waals surface area contributed by atoms with Gasteiger partial charge in [0.05, 0.1) is 0 Å². The number of anilines is 1. The van der Waals surface area contributed by atoms with Crippen molar-refractivity contribution in [1.29, 1.82) is 0 Å². The van der Waals surface area contributed by atoms with Crippen LogP contribution in [-0.4, -0.2) is 30.1 Å². The molecule has 0 aromatic heterocycles. The lowest BCUT2D eigenvalue weighted by molar-refractivity contribution is -0.121. The van der Waals surface area contributed by atoms with E-state index in [1.807, 2.05) is 48.5 Å². The fraction of sp³-hybridized carbons (Fsp3) is 0.292. The Balaban J connectivity index is 1.81. The van der Waals surface area contributed by atoms with Crippen molar-refractivity contribution in [2.24, 2.45) is 0 Å². The molecule has 0 aliphatic carbocycles. The molecule has 164 valence electrons. The summed E-state index contributed by atoms with van der Waals surface area (Å²) in [5.74, 6) is -0.481. The van der Waals surface area contributed by atoms with Crippen LogP contribution in [0.15, 0.2) is 60.7 Å². The Labute approximate surface area is 182 Å². The Kier molecular flexibility index (Phi) is 8.81. The Morgan fingerprint density at radius 1 is 0.935 bits per heavy atom. The van der Waals surface area contributed by atoms with Crippen LogP contribution >= 0.6 is 0 Å². The second-order valence-corrected chi connectivity index (χ2v) is 7.85. The number of para-hydroxylation sites is 1. The monoisotopic (exact) mass is 423 g/mol. The topological polar surface area (TPSA) is 96.5 Å². The summed E-state index contributed by atoms with van der Waals surface area (Å²) >= 11 is 0. The molecule has 2 rings (SSSR count). The predicted molar refractivity (Wildman–Crippen MR) is 121 cm³/mol. The fourth-order valence-corrected chi connectivity index (χ4v) is 2.58. The summed E-state index contributed by atoms with van der Waals surface area (Å²) in [4.78, 5) is 35.9. The molecule has 0 aliphatic rings. The van der Waals surface area contributed by atoms with Gasteiger partial charge in [-0.25, -0.2) is 4.79 Å². The molecule has 3 N–H and O–H groups in total. The highest BCUT2D eigenvalue weighted by Gasteiger charge is 2.16. The summed E-state index contributed by atoms with van der Waals surface area (Å²) in [7, 11) is 0. The van der Waals surface area contributed by atoms with Crippen LogP contribution < -0.4 is 16.0 Å². The van der Waals surface area contributed by atoms with Crippen molar-refractivity contribution in [3.63, 3.8) is 0 Å². The third-order valence-corrected chi connectivity index (χ3v) is 4.00. The number of rotatable bonds is 8. The molecule has 0 aliphatic heterocycles. The first-order valence-electron chi connectivity index (χ1n) is 10.1. The van der Waals surface area contributed by atoms with Crippen LogP contribution in [0.1, 0.15) is 38.3 Å². The predicted octanol–water partition coefficient (Wildman–Crippen LogP) is 3.87. The summed E-state index contributed by atoms with van der Waals surface area (Å²) < 4.78 is 5.12. The number of ether oxygens (including phenoxy) is 1. The number of hydrogen-bond acceptors (Lipinski definition) is 4. The van der Waals surface area contributed by atoms with Gasteiger partial charge in [0, 0.05) is 31.3 Å². The molecule has 7 heteroatoms. The van der Waals surface area contributed by atoms with Crippen LogP contribution in [0.4, 0.5) is 10.5 Å². The molecule has 0 saturated heterocycles. The molecule has 2 aromatic rings. The Bertz CT molecular complexity index is 918. The molecule has 0 spiro atoms. The highest BCUT2D eigenvalue weighted by Crippen LogP contribution is 2.15. The normalized spacial score (nSPS) is 11.1. The standard InChI is InChI=1S/C24H29N3O4/c1-24(2,3)31-23(30)25-16-15-21(28)26-17-19-11-7-8-12-20(19)27-22(29)14-13-18-9-5-4-6-10-18/h4-14H,15-17H2,1-3H3,(H,25,30)(H,26,28)(H,27,29)/b14-13+. The van der Waals surface area contributed by atoms with Gasteiger partial charge in [-0.05, 0) is 44.0 Å². The molecule has 0 atom stereocenters.